The predicted octanol–water partition coefficient (Wildman–Crippen LogP) is 4.65. The summed E-state index contributed by atoms with van der Waals surface area (Å²) in [4.78, 5) is 32.8. The van der Waals surface area contributed by atoms with E-state index in [2.05, 4.69) is 35.7 Å². The molecular formula is C26H27N7O3. The largest absolute Gasteiger partial charge is 0.453 e. The SMILES string of the molecule is COC(=O)Nc1cc(-c2cccc(-c3cc(NC(=O)Cn4cc(C(C)C)nn4)cnc3C)c2)ccn1. The third kappa shape index (κ3) is 5.90. The number of rotatable bonds is 7. The lowest BCUT2D eigenvalue weighted by molar-refractivity contribution is -0.116. The van der Waals surface area contributed by atoms with Crippen LogP contribution >= 0.6 is 0 Å². The minimum absolute atomic E-state index is 0.0579. The fourth-order valence-electron chi connectivity index (χ4n) is 3.60. The van der Waals surface area contributed by atoms with Crippen LogP contribution in [0.15, 0.2) is 61.1 Å². The molecule has 4 rings (SSSR count). The van der Waals surface area contributed by atoms with Crippen molar-refractivity contribution in [3.63, 3.8) is 0 Å². The lowest BCUT2D eigenvalue weighted by Gasteiger charge is -2.12. The summed E-state index contributed by atoms with van der Waals surface area (Å²) >= 11 is 0. The van der Waals surface area contributed by atoms with Crippen molar-refractivity contribution in [3.8, 4) is 22.3 Å². The molecule has 0 atom stereocenters. The zero-order valence-electron chi connectivity index (χ0n) is 20.5. The molecule has 184 valence electrons. The third-order valence-electron chi connectivity index (χ3n) is 5.51. The average Bonchev–Trinajstić information content (AvgIpc) is 3.34. The van der Waals surface area contributed by atoms with E-state index in [1.807, 2.05) is 57.2 Å². The van der Waals surface area contributed by atoms with Gasteiger partial charge in [-0.2, -0.15) is 0 Å². The number of carbonyl (C=O) groups is 2. The second-order valence-corrected chi connectivity index (χ2v) is 8.53. The molecule has 0 radical (unpaired) electrons. The summed E-state index contributed by atoms with van der Waals surface area (Å²) in [5, 5.41) is 13.6. The van der Waals surface area contributed by atoms with Crippen LogP contribution in [0.25, 0.3) is 22.3 Å². The van der Waals surface area contributed by atoms with Crippen molar-refractivity contribution < 1.29 is 14.3 Å². The summed E-state index contributed by atoms with van der Waals surface area (Å²) in [6.45, 7) is 6.02. The van der Waals surface area contributed by atoms with Gasteiger partial charge in [0.25, 0.3) is 0 Å². The Hall–Kier alpha value is -4.60. The van der Waals surface area contributed by atoms with Crippen LogP contribution in [0.4, 0.5) is 16.3 Å². The number of hydrogen-bond acceptors (Lipinski definition) is 7. The molecule has 0 aliphatic rings. The standard InChI is InChI=1S/C26H27N7O3/c1-16(2)23-14-33(32-31-23)15-25(34)29-21-12-22(17(3)28-13-21)20-7-5-6-18(10-20)19-8-9-27-24(11-19)30-26(35)36-4/h5-14,16H,15H2,1-4H3,(H,29,34)(H,27,30,35). The van der Waals surface area contributed by atoms with Gasteiger partial charge in [0, 0.05) is 23.7 Å². The third-order valence-corrected chi connectivity index (χ3v) is 5.51. The summed E-state index contributed by atoms with van der Waals surface area (Å²) in [6, 6.07) is 13.5. The molecule has 3 heterocycles. The van der Waals surface area contributed by atoms with Gasteiger partial charge in [0.15, 0.2) is 0 Å². The Morgan fingerprint density at radius 2 is 1.81 bits per heavy atom. The fraction of sp³-hybridized carbons (Fsp3) is 0.231. The van der Waals surface area contributed by atoms with E-state index >= 15 is 0 Å². The van der Waals surface area contributed by atoms with Crippen molar-refractivity contribution in [1.29, 1.82) is 0 Å². The Labute approximate surface area is 208 Å². The highest BCUT2D eigenvalue weighted by Crippen LogP contribution is 2.30. The minimum atomic E-state index is -0.585. The van der Waals surface area contributed by atoms with Crippen LogP contribution in [0.3, 0.4) is 0 Å². The zero-order valence-corrected chi connectivity index (χ0v) is 20.5. The van der Waals surface area contributed by atoms with Crippen LogP contribution in [0.1, 0.15) is 31.2 Å². The van der Waals surface area contributed by atoms with Crippen molar-refractivity contribution in [2.24, 2.45) is 0 Å². The lowest BCUT2D eigenvalue weighted by Crippen LogP contribution is -2.19. The van der Waals surface area contributed by atoms with Crippen LogP contribution < -0.4 is 10.6 Å². The van der Waals surface area contributed by atoms with Crippen molar-refractivity contribution in [3.05, 3.63) is 72.4 Å². The molecule has 10 nitrogen and oxygen atoms in total. The Balaban J connectivity index is 1.54. The van der Waals surface area contributed by atoms with E-state index in [1.54, 1.807) is 24.7 Å². The van der Waals surface area contributed by atoms with Crippen LogP contribution in [0.2, 0.25) is 0 Å². The van der Waals surface area contributed by atoms with E-state index < -0.39 is 6.09 Å². The molecule has 3 aromatic heterocycles. The highest BCUT2D eigenvalue weighted by Gasteiger charge is 2.12. The Morgan fingerprint density at radius 3 is 2.56 bits per heavy atom. The van der Waals surface area contributed by atoms with Gasteiger partial charge < -0.3 is 10.1 Å². The Kier molecular flexibility index (Phi) is 7.33. The second-order valence-electron chi connectivity index (χ2n) is 8.53. The van der Waals surface area contributed by atoms with E-state index in [1.165, 1.54) is 11.8 Å². The van der Waals surface area contributed by atoms with Crippen LogP contribution in [0, 0.1) is 6.92 Å². The van der Waals surface area contributed by atoms with Gasteiger partial charge in [-0.1, -0.05) is 37.3 Å². The number of pyridine rings is 2. The first-order chi connectivity index (χ1) is 17.3. The molecule has 0 aliphatic heterocycles. The number of nitrogens with zero attached hydrogens (tertiary/aromatic N) is 5. The first-order valence-corrected chi connectivity index (χ1v) is 11.4. The summed E-state index contributed by atoms with van der Waals surface area (Å²) in [5.74, 6) is 0.410. The van der Waals surface area contributed by atoms with E-state index in [9.17, 15) is 9.59 Å². The number of anilines is 2. The lowest BCUT2D eigenvalue weighted by atomic mass is 9.98. The summed E-state index contributed by atoms with van der Waals surface area (Å²) in [5.41, 5.74) is 5.88. The van der Waals surface area contributed by atoms with Gasteiger partial charge in [-0.15, -0.1) is 5.10 Å². The van der Waals surface area contributed by atoms with Crippen molar-refractivity contribution in [1.82, 2.24) is 25.0 Å². The number of carbonyl (C=O) groups excluding carboxylic acids is 2. The molecule has 1 aromatic carbocycles. The average molecular weight is 486 g/mol. The molecule has 0 spiro atoms. The first-order valence-electron chi connectivity index (χ1n) is 11.4. The summed E-state index contributed by atoms with van der Waals surface area (Å²) in [7, 11) is 1.30. The van der Waals surface area contributed by atoms with E-state index in [0.717, 1.165) is 33.6 Å². The predicted molar refractivity (Wildman–Crippen MR) is 136 cm³/mol. The minimum Gasteiger partial charge on any atom is -0.453 e. The molecule has 10 heteroatoms. The molecule has 4 aromatic rings. The van der Waals surface area contributed by atoms with Gasteiger partial charge in [-0.25, -0.2) is 14.5 Å². The molecule has 0 aliphatic carbocycles. The molecule has 0 fully saturated rings. The molecule has 2 N–H and O–H groups in total. The maximum absolute atomic E-state index is 12.6. The van der Waals surface area contributed by atoms with Gasteiger partial charge >= 0.3 is 6.09 Å². The molecule has 0 unspecified atom stereocenters. The first kappa shape index (κ1) is 24.5. The second kappa shape index (κ2) is 10.8. The number of aromatic nitrogens is 5. The number of ether oxygens (including phenoxy) is 1. The van der Waals surface area contributed by atoms with Gasteiger partial charge in [0.1, 0.15) is 12.4 Å². The molecule has 36 heavy (non-hydrogen) atoms. The fourth-order valence-corrected chi connectivity index (χ4v) is 3.60. The van der Waals surface area contributed by atoms with E-state index in [0.29, 0.717) is 11.5 Å². The maximum Gasteiger partial charge on any atom is 0.412 e. The summed E-state index contributed by atoms with van der Waals surface area (Å²) < 4.78 is 6.16. The number of aryl methyl sites for hydroxylation is 1. The number of benzene rings is 1. The van der Waals surface area contributed by atoms with Crippen molar-refractivity contribution in [2.45, 2.75) is 33.2 Å². The monoisotopic (exact) mass is 485 g/mol. The zero-order chi connectivity index (χ0) is 25.7. The maximum atomic E-state index is 12.6. The van der Waals surface area contributed by atoms with E-state index in [-0.39, 0.29) is 18.4 Å². The smallest absolute Gasteiger partial charge is 0.412 e. The highest BCUT2D eigenvalue weighted by molar-refractivity contribution is 5.91. The Morgan fingerprint density at radius 1 is 1.03 bits per heavy atom. The molecule has 2 amide bonds. The number of nitrogens with one attached hydrogen (secondary N) is 2. The van der Waals surface area contributed by atoms with Crippen LogP contribution in [-0.4, -0.2) is 44.1 Å². The topological polar surface area (TPSA) is 124 Å². The van der Waals surface area contributed by atoms with Crippen molar-refractivity contribution in [2.75, 3.05) is 17.7 Å². The quantitative estimate of drug-likeness (QED) is 0.390. The van der Waals surface area contributed by atoms with Crippen LogP contribution in [-0.2, 0) is 16.1 Å². The van der Waals surface area contributed by atoms with E-state index in [4.69, 9.17) is 0 Å². The molecule has 0 saturated heterocycles. The normalized spacial score (nSPS) is 10.8. The van der Waals surface area contributed by atoms with Crippen LogP contribution in [0.5, 0.6) is 0 Å². The Bertz CT molecular complexity index is 1400. The van der Waals surface area contributed by atoms with Gasteiger partial charge in [0.2, 0.25) is 5.91 Å². The van der Waals surface area contributed by atoms with Gasteiger partial charge in [0.05, 0.1) is 24.7 Å². The molecular weight excluding hydrogens is 458 g/mol. The molecule has 0 bridgehead atoms. The van der Waals surface area contributed by atoms with Crippen molar-refractivity contribution >= 4 is 23.5 Å². The number of methoxy groups -OCH3 is 1. The number of hydrogen-bond donors (Lipinski definition) is 2. The van der Waals surface area contributed by atoms with Gasteiger partial charge in [-0.05, 0) is 53.8 Å². The van der Waals surface area contributed by atoms with Gasteiger partial charge in [-0.3, -0.25) is 15.1 Å². The number of amides is 2. The highest BCUT2D eigenvalue weighted by atomic mass is 16.5. The summed E-state index contributed by atoms with van der Waals surface area (Å²) in [6.07, 6.45) is 4.45. The molecule has 0 saturated carbocycles.